The zero-order valence-corrected chi connectivity index (χ0v) is 11.6. The molecular formula is C11H12BrClN2O2. The van der Waals surface area contributed by atoms with E-state index in [1.807, 2.05) is 0 Å². The van der Waals surface area contributed by atoms with Crippen molar-refractivity contribution in [1.29, 1.82) is 0 Å². The minimum Gasteiger partial charge on any atom is -0.359 e. The lowest BCUT2D eigenvalue weighted by molar-refractivity contribution is -0.120. The van der Waals surface area contributed by atoms with E-state index < -0.39 is 0 Å². The molecule has 2 N–H and O–H groups in total. The van der Waals surface area contributed by atoms with Gasteiger partial charge in [-0.1, -0.05) is 27.5 Å². The Balaban J connectivity index is 2.58. The van der Waals surface area contributed by atoms with Crippen molar-refractivity contribution < 1.29 is 9.59 Å². The first-order valence-corrected chi connectivity index (χ1v) is 6.15. The molecule has 1 aromatic carbocycles. The molecule has 6 heteroatoms. The van der Waals surface area contributed by atoms with E-state index in [4.69, 9.17) is 11.6 Å². The third-order valence-corrected chi connectivity index (χ3v) is 2.91. The Labute approximate surface area is 113 Å². The van der Waals surface area contributed by atoms with Crippen LogP contribution in [0.25, 0.3) is 0 Å². The maximum atomic E-state index is 11.7. The van der Waals surface area contributed by atoms with Crippen LogP contribution in [0.5, 0.6) is 0 Å². The molecule has 0 aliphatic rings. The van der Waals surface area contributed by atoms with Crippen LogP contribution in [0.15, 0.2) is 22.7 Å². The zero-order valence-electron chi connectivity index (χ0n) is 9.22. The molecule has 0 unspecified atom stereocenters. The van der Waals surface area contributed by atoms with Crippen LogP contribution < -0.4 is 10.6 Å². The summed E-state index contributed by atoms with van der Waals surface area (Å²) in [6.45, 7) is 0.279. The number of hydrogen-bond donors (Lipinski definition) is 2. The van der Waals surface area contributed by atoms with Crippen LogP contribution in [-0.2, 0) is 4.79 Å². The molecule has 1 aromatic rings. The highest BCUT2D eigenvalue weighted by Crippen LogP contribution is 2.20. The Kier molecular flexibility index (Phi) is 5.44. The minimum atomic E-state index is -0.291. The Morgan fingerprint density at radius 2 is 2.12 bits per heavy atom. The van der Waals surface area contributed by atoms with Gasteiger partial charge in [0.1, 0.15) is 0 Å². The Bertz CT molecular complexity index is 437. The highest BCUT2D eigenvalue weighted by molar-refractivity contribution is 9.10. The van der Waals surface area contributed by atoms with Crippen molar-refractivity contribution in [1.82, 2.24) is 10.6 Å². The normalized spacial score (nSPS) is 9.82. The van der Waals surface area contributed by atoms with Crippen molar-refractivity contribution in [3.8, 4) is 0 Å². The van der Waals surface area contributed by atoms with Gasteiger partial charge in [-0.3, -0.25) is 9.59 Å². The summed E-state index contributed by atoms with van der Waals surface area (Å²) >= 11 is 9.16. The molecule has 0 aliphatic heterocycles. The van der Waals surface area contributed by atoms with Crippen molar-refractivity contribution in [3.63, 3.8) is 0 Å². The molecule has 0 bridgehead atoms. The third-order valence-electron chi connectivity index (χ3n) is 2.09. The van der Waals surface area contributed by atoms with E-state index in [1.54, 1.807) is 25.2 Å². The van der Waals surface area contributed by atoms with Gasteiger partial charge in [-0.05, 0) is 18.2 Å². The summed E-state index contributed by atoms with van der Waals surface area (Å²) < 4.78 is 0.776. The lowest BCUT2D eigenvalue weighted by Gasteiger charge is -2.06. The van der Waals surface area contributed by atoms with Crippen LogP contribution >= 0.6 is 27.5 Å². The Hall–Kier alpha value is -1.07. The molecule has 0 saturated carbocycles. The van der Waals surface area contributed by atoms with Crippen LogP contribution in [0.3, 0.4) is 0 Å². The number of halogens is 2. The third kappa shape index (κ3) is 4.36. The van der Waals surface area contributed by atoms with Gasteiger partial charge in [0.15, 0.2) is 0 Å². The molecule has 0 fully saturated rings. The topological polar surface area (TPSA) is 58.2 Å². The van der Waals surface area contributed by atoms with Crippen LogP contribution in [-0.4, -0.2) is 25.4 Å². The predicted molar refractivity (Wildman–Crippen MR) is 70.2 cm³/mol. The quantitative estimate of drug-likeness (QED) is 0.891. The van der Waals surface area contributed by atoms with Gasteiger partial charge in [-0.15, -0.1) is 0 Å². The highest BCUT2D eigenvalue weighted by Gasteiger charge is 2.10. The number of amides is 2. The first-order valence-electron chi connectivity index (χ1n) is 4.98. The summed E-state index contributed by atoms with van der Waals surface area (Å²) in [5.74, 6) is -0.411. The monoisotopic (exact) mass is 318 g/mol. The van der Waals surface area contributed by atoms with E-state index in [9.17, 15) is 9.59 Å². The van der Waals surface area contributed by atoms with Gasteiger partial charge in [0, 0.05) is 24.5 Å². The highest BCUT2D eigenvalue weighted by atomic mass is 79.9. The lowest BCUT2D eigenvalue weighted by Crippen LogP contribution is -2.29. The fourth-order valence-electron chi connectivity index (χ4n) is 1.18. The maximum Gasteiger partial charge on any atom is 0.252 e. The molecule has 92 valence electrons. The second-order valence-corrected chi connectivity index (χ2v) is 4.63. The van der Waals surface area contributed by atoms with Crippen molar-refractivity contribution in [2.45, 2.75) is 6.42 Å². The van der Waals surface area contributed by atoms with Gasteiger partial charge in [0.25, 0.3) is 5.91 Å². The molecule has 0 saturated heterocycles. The number of benzene rings is 1. The van der Waals surface area contributed by atoms with Gasteiger partial charge in [-0.2, -0.15) is 0 Å². The summed E-state index contributed by atoms with van der Waals surface area (Å²) in [6, 6.07) is 5.03. The van der Waals surface area contributed by atoms with Crippen LogP contribution in [0.2, 0.25) is 5.02 Å². The zero-order chi connectivity index (χ0) is 12.8. The number of hydrogen-bond acceptors (Lipinski definition) is 2. The molecule has 17 heavy (non-hydrogen) atoms. The Morgan fingerprint density at radius 1 is 1.41 bits per heavy atom. The number of nitrogens with one attached hydrogen (secondary N) is 2. The van der Waals surface area contributed by atoms with Crippen molar-refractivity contribution in [2.24, 2.45) is 0 Å². The molecule has 0 atom stereocenters. The van der Waals surface area contributed by atoms with Gasteiger partial charge < -0.3 is 10.6 Å². The van der Waals surface area contributed by atoms with Gasteiger partial charge in [-0.25, -0.2) is 0 Å². The smallest absolute Gasteiger partial charge is 0.252 e. The average molecular weight is 320 g/mol. The van der Waals surface area contributed by atoms with Crippen LogP contribution in [0.4, 0.5) is 0 Å². The van der Waals surface area contributed by atoms with Crippen molar-refractivity contribution >= 4 is 39.3 Å². The van der Waals surface area contributed by atoms with Crippen LogP contribution in [0, 0.1) is 0 Å². The lowest BCUT2D eigenvalue weighted by atomic mass is 10.2. The van der Waals surface area contributed by atoms with E-state index in [-0.39, 0.29) is 24.8 Å². The van der Waals surface area contributed by atoms with Gasteiger partial charge >= 0.3 is 0 Å². The first-order chi connectivity index (χ1) is 8.04. The standard InChI is InChI=1S/C11H12BrClN2O2/c1-14-10(16)4-5-15-11(17)8-6-7(12)2-3-9(8)13/h2-3,6H,4-5H2,1H3,(H,14,16)(H,15,17). The van der Waals surface area contributed by atoms with E-state index in [0.717, 1.165) is 4.47 Å². The van der Waals surface area contributed by atoms with Gasteiger partial charge in [0.05, 0.1) is 10.6 Å². The van der Waals surface area contributed by atoms with Crippen molar-refractivity contribution in [2.75, 3.05) is 13.6 Å². The van der Waals surface area contributed by atoms with E-state index in [0.29, 0.717) is 10.6 Å². The first kappa shape index (κ1) is 14.0. The molecular weight excluding hydrogens is 307 g/mol. The largest absolute Gasteiger partial charge is 0.359 e. The Morgan fingerprint density at radius 3 is 2.76 bits per heavy atom. The second kappa shape index (κ2) is 6.61. The second-order valence-electron chi connectivity index (χ2n) is 3.30. The molecule has 2 amide bonds. The van der Waals surface area contributed by atoms with E-state index in [2.05, 4.69) is 26.6 Å². The predicted octanol–water partition coefficient (Wildman–Crippen LogP) is 1.97. The summed E-state index contributed by atoms with van der Waals surface area (Å²) in [5.41, 5.74) is 0.387. The maximum absolute atomic E-state index is 11.7. The number of rotatable bonds is 4. The molecule has 0 radical (unpaired) electrons. The SMILES string of the molecule is CNC(=O)CCNC(=O)c1cc(Br)ccc1Cl. The number of carbonyl (C=O) groups is 2. The van der Waals surface area contributed by atoms with E-state index in [1.165, 1.54) is 0 Å². The molecule has 0 spiro atoms. The fourth-order valence-corrected chi connectivity index (χ4v) is 1.75. The molecule has 0 heterocycles. The molecule has 4 nitrogen and oxygen atoms in total. The fraction of sp³-hybridized carbons (Fsp3) is 0.273. The summed E-state index contributed by atoms with van der Waals surface area (Å²) in [5, 5.41) is 5.48. The molecule has 0 aromatic heterocycles. The van der Waals surface area contributed by atoms with E-state index >= 15 is 0 Å². The molecule has 1 rings (SSSR count). The molecule has 0 aliphatic carbocycles. The van der Waals surface area contributed by atoms with Gasteiger partial charge in [0.2, 0.25) is 5.91 Å². The number of carbonyl (C=O) groups excluding carboxylic acids is 2. The van der Waals surface area contributed by atoms with Crippen LogP contribution in [0.1, 0.15) is 16.8 Å². The minimum absolute atomic E-state index is 0.120. The summed E-state index contributed by atoms with van der Waals surface area (Å²) in [7, 11) is 1.55. The van der Waals surface area contributed by atoms with Crippen molar-refractivity contribution in [3.05, 3.63) is 33.3 Å². The summed E-state index contributed by atoms with van der Waals surface area (Å²) in [4.78, 5) is 22.7. The average Bonchev–Trinajstić information content (AvgIpc) is 2.31. The summed E-state index contributed by atoms with van der Waals surface area (Å²) in [6.07, 6.45) is 0.244.